The molecule has 1 aromatic carbocycles. The molecule has 3 rings (SSSR count). The van der Waals surface area contributed by atoms with Gasteiger partial charge in [-0.1, -0.05) is 15.9 Å². The van der Waals surface area contributed by atoms with Crippen molar-refractivity contribution >= 4 is 43.3 Å². The molecule has 0 saturated heterocycles. The van der Waals surface area contributed by atoms with Crippen molar-refractivity contribution in [2.75, 3.05) is 12.4 Å². The van der Waals surface area contributed by atoms with Crippen molar-refractivity contribution < 1.29 is 4.39 Å². The minimum atomic E-state index is -0.337. The van der Waals surface area contributed by atoms with Gasteiger partial charge in [0, 0.05) is 16.4 Å². The van der Waals surface area contributed by atoms with Crippen LogP contribution in [0.1, 0.15) is 10.4 Å². The highest BCUT2D eigenvalue weighted by Crippen LogP contribution is 2.35. The number of thiophene rings is 1. The van der Waals surface area contributed by atoms with Crippen LogP contribution in [0.15, 0.2) is 22.7 Å². The van der Waals surface area contributed by atoms with Crippen LogP contribution in [-0.2, 0) is 0 Å². The van der Waals surface area contributed by atoms with Crippen molar-refractivity contribution in [1.29, 1.82) is 0 Å². The molecular formula is C15H13BrFN3S. The Bertz CT molecular complexity index is 845. The molecule has 2 aromatic heterocycles. The summed E-state index contributed by atoms with van der Waals surface area (Å²) in [7, 11) is 1.82. The van der Waals surface area contributed by atoms with Crippen LogP contribution in [0.3, 0.4) is 0 Å². The summed E-state index contributed by atoms with van der Waals surface area (Å²) in [4.78, 5) is 11.1. The molecule has 0 radical (unpaired) electrons. The van der Waals surface area contributed by atoms with Crippen LogP contribution >= 0.6 is 27.3 Å². The summed E-state index contributed by atoms with van der Waals surface area (Å²) in [6, 6.07) is 4.90. The molecule has 0 bridgehead atoms. The molecule has 108 valence electrons. The van der Waals surface area contributed by atoms with Crippen molar-refractivity contribution in [3.05, 3.63) is 38.9 Å². The number of halogens is 2. The van der Waals surface area contributed by atoms with Crippen molar-refractivity contribution in [2.45, 2.75) is 13.8 Å². The second-order valence-electron chi connectivity index (χ2n) is 4.73. The number of fused-ring (bicyclic) bond motifs is 1. The molecule has 0 unspecified atom stereocenters. The minimum Gasteiger partial charge on any atom is -0.372 e. The maximum absolute atomic E-state index is 14.1. The predicted octanol–water partition coefficient (Wildman–Crippen LogP) is 4.92. The van der Waals surface area contributed by atoms with Gasteiger partial charge in [-0.05, 0) is 37.6 Å². The first-order valence-corrected chi connectivity index (χ1v) is 8.03. The van der Waals surface area contributed by atoms with Crippen molar-refractivity contribution in [1.82, 2.24) is 9.97 Å². The van der Waals surface area contributed by atoms with E-state index in [2.05, 4.69) is 45.1 Å². The zero-order valence-electron chi connectivity index (χ0n) is 11.8. The quantitative estimate of drug-likeness (QED) is 0.700. The van der Waals surface area contributed by atoms with Crippen molar-refractivity contribution in [2.24, 2.45) is 0 Å². The van der Waals surface area contributed by atoms with E-state index in [0.29, 0.717) is 15.9 Å². The molecule has 3 aromatic rings. The van der Waals surface area contributed by atoms with E-state index in [-0.39, 0.29) is 5.82 Å². The van der Waals surface area contributed by atoms with Gasteiger partial charge in [0.15, 0.2) is 5.82 Å². The van der Waals surface area contributed by atoms with Gasteiger partial charge in [0.1, 0.15) is 16.5 Å². The van der Waals surface area contributed by atoms with Crippen LogP contribution < -0.4 is 5.32 Å². The number of rotatable bonds is 2. The molecule has 0 aliphatic heterocycles. The van der Waals surface area contributed by atoms with Gasteiger partial charge < -0.3 is 5.32 Å². The number of aromatic nitrogens is 2. The molecule has 0 aliphatic carbocycles. The van der Waals surface area contributed by atoms with Crippen LogP contribution in [0.4, 0.5) is 10.2 Å². The van der Waals surface area contributed by atoms with E-state index in [4.69, 9.17) is 0 Å². The average molecular weight is 366 g/mol. The first kappa shape index (κ1) is 14.4. The summed E-state index contributed by atoms with van der Waals surface area (Å²) in [5.74, 6) is 0.799. The number of aryl methyl sites for hydroxylation is 2. The third-order valence-corrected chi connectivity index (χ3v) is 5.03. The molecule has 0 aliphatic rings. The Kier molecular flexibility index (Phi) is 3.67. The Hall–Kier alpha value is -1.53. The molecule has 1 N–H and O–H groups in total. The smallest absolute Gasteiger partial charge is 0.166 e. The largest absolute Gasteiger partial charge is 0.372 e. The standard InChI is InChI=1S/C15H13BrFN3S/c1-7-8(2)21-15-12(7)14(18-3)19-13(20-15)10-5-4-9(16)6-11(10)17/h4-6H,1-3H3,(H,18,19,20). The van der Waals surface area contributed by atoms with E-state index in [1.807, 2.05) is 7.05 Å². The van der Waals surface area contributed by atoms with E-state index < -0.39 is 0 Å². The number of nitrogens with one attached hydrogen (secondary N) is 1. The van der Waals surface area contributed by atoms with Gasteiger partial charge in [0.05, 0.1) is 10.9 Å². The molecule has 21 heavy (non-hydrogen) atoms. The van der Waals surface area contributed by atoms with Crippen molar-refractivity contribution in [3.8, 4) is 11.4 Å². The van der Waals surface area contributed by atoms with E-state index in [0.717, 1.165) is 16.0 Å². The normalized spacial score (nSPS) is 11.1. The summed E-state index contributed by atoms with van der Waals surface area (Å²) < 4.78 is 14.8. The summed E-state index contributed by atoms with van der Waals surface area (Å²) >= 11 is 4.86. The van der Waals surface area contributed by atoms with Gasteiger partial charge >= 0.3 is 0 Å². The maximum Gasteiger partial charge on any atom is 0.166 e. The molecular weight excluding hydrogens is 353 g/mol. The number of hydrogen-bond acceptors (Lipinski definition) is 4. The lowest BCUT2D eigenvalue weighted by molar-refractivity contribution is 0.629. The van der Waals surface area contributed by atoms with Gasteiger partial charge in [-0.2, -0.15) is 0 Å². The highest BCUT2D eigenvalue weighted by atomic mass is 79.9. The maximum atomic E-state index is 14.1. The molecule has 6 heteroatoms. The van der Waals surface area contributed by atoms with Crippen LogP contribution in [0.25, 0.3) is 21.6 Å². The van der Waals surface area contributed by atoms with E-state index in [9.17, 15) is 4.39 Å². The number of nitrogens with zero attached hydrogens (tertiary/aromatic N) is 2. The molecule has 0 saturated carbocycles. The molecule has 0 amide bonds. The van der Waals surface area contributed by atoms with Crippen LogP contribution in [0.2, 0.25) is 0 Å². The van der Waals surface area contributed by atoms with Crippen LogP contribution in [0.5, 0.6) is 0 Å². The Morgan fingerprint density at radius 3 is 2.67 bits per heavy atom. The van der Waals surface area contributed by atoms with Crippen LogP contribution in [-0.4, -0.2) is 17.0 Å². The lowest BCUT2D eigenvalue weighted by Gasteiger charge is -2.07. The summed E-state index contributed by atoms with van der Waals surface area (Å²) in [5.41, 5.74) is 1.57. The number of benzene rings is 1. The Morgan fingerprint density at radius 1 is 1.24 bits per heavy atom. The van der Waals surface area contributed by atoms with Gasteiger partial charge in [-0.3, -0.25) is 0 Å². The Labute approximate surface area is 134 Å². The number of anilines is 1. The Balaban J connectivity index is 2.29. The zero-order chi connectivity index (χ0) is 15.1. The van der Waals surface area contributed by atoms with Gasteiger partial charge in [-0.15, -0.1) is 11.3 Å². The van der Waals surface area contributed by atoms with E-state index in [1.54, 1.807) is 23.5 Å². The van der Waals surface area contributed by atoms with Gasteiger partial charge in [-0.25, -0.2) is 14.4 Å². The molecule has 3 nitrogen and oxygen atoms in total. The molecule has 0 spiro atoms. The third-order valence-electron chi connectivity index (χ3n) is 3.44. The second kappa shape index (κ2) is 5.35. The summed E-state index contributed by atoms with van der Waals surface area (Å²) in [5, 5.41) is 4.10. The Morgan fingerprint density at radius 2 is 2.00 bits per heavy atom. The fourth-order valence-corrected chi connectivity index (χ4v) is 3.58. The monoisotopic (exact) mass is 365 g/mol. The zero-order valence-corrected chi connectivity index (χ0v) is 14.2. The van der Waals surface area contributed by atoms with Crippen molar-refractivity contribution in [3.63, 3.8) is 0 Å². The summed E-state index contributed by atoms with van der Waals surface area (Å²) in [6.07, 6.45) is 0. The highest BCUT2D eigenvalue weighted by Gasteiger charge is 2.16. The lowest BCUT2D eigenvalue weighted by atomic mass is 10.1. The third kappa shape index (κ3) is 2.42. The minimum absolute atomic E-state index is 0.337. The van der Waals surface area contributed by atoms with Gasteiger partial charge in [0.25, 0.3) is 0 Å². The average Bonchev–Trinajstić information content (AvgIpc) is 2.73. The van der Waals surface area contributed by atoms with Crippen LogP contribution in [0, 0.1) is 19.7 Å². The highest BCUT2D eigenvalue weighted by molar-refractivity contribution is 9.10. The summed E-state index contributed by atoms with van der Waals surface area (Å²) in [6.45, 7) is 4.11. The van der Waals surface area contributed by atoms with Gasteiger partial charge in [0.2, 0.25) is 0 Å². The fourth-order valence-electron chi connectivity index (χ4n) is 2.22. The lowest BCUT2D eigenvalue weighted by Crippen LogP contribution is -1.99. The molecule has 0 fully saturated rings. The topological polar surface area (TPSA) is 37.8 Å². The first-order chi connectivity index (χ1) is 10.0. The number of hydrogen-bond donors (Lipinski definition) is 1. The fraction of sp³-hybridized carbons (Fsp3) is 0.200. The van der Waals surface area contributed by atoms with E-state index in [1.165, 1.54) is 16.5 Å². The second-order valence-corrected chi connectivity index (χ2v) is 6.85. The molecule has 0 atom stereocenters. The molecule has 2 heterocycles. The van der Waals surface area contributed by atoms with E-state index >= 15 is 0 Å². The first-order valence-electron chi connectivity index (χ1n) is 6.42. The predicted molar refractivity (Wildman–Crippen MR) is 89.5 cm³/mol. The SMILES string of the molecule is CNc1nc(-c2ccc(Br)cc2F)nc2sc(C)c(C)c12.